The molecule has 8 nitrogen and oxygen atoms in total. The van der Waals surface area contributed by atoms with Gasteiger partial charge in [0.1, 0.15) is 23.6 Å². The van der Waals surface area contributed by atoms with Crippen LogP contribution in [-0.2, 0) is 4.74 Å². The maximum absolute atomic E-state index is 12.7. The van der Waals surface area contributed by atoms with E-state index in [4.69, 9.17) is 4.74 Å². The molecule has 3 unspecified atom stereocenters. The molecule has 2 aliphatic heterocycles. The zero-order chi connectivity index (χ0) is 22.0. The summed E-state index contributed by atoms with van der Waals surface area (Å²) in [7, 11) is 0. The van der Waals surface area contributed by atoms with Crippen molar-refractivity contribution in [2.24, 2.45) is 0 Å². The third kappa shape index (κ3) is 5.07. The molecule has 4 rings (SSSR count). The number of aliphatic hydroxyl groups excluding tert-OH is 1. The highest BCUT2D eigenvalue weighted by Gasteiger charge is 2.44. The number of ether oxygens (including phenoxy) is 1. The number of hydrogen-bond donors (Lipinski definition) is 2. The largest absolute Gasteiger partial charge is 0.444 e. The summed E-state index contributed by atoms with van der Waals surface area (Å²) in [6, 6.07) is 11.7. The molecule has 2 saturated heterocycles. The minimum absolute atomic E-state index is 0.125. The standard InChI is InChI=1S/C23H31N5O3/c1-23(2,3)31-22(30)28-17-9-10-18(28)14-27(13-17)21-11-20(25-15-26-21)24-12-19(29)16-7-5-4-6-8-16/h4-8,11,15,17-19,29H,9-10,12-14H2,1-3H3,(H,24,25,26). The molecule has 1 aromatic carbocycles. The molecule has 1 amide bonds. The number of carbonyl (C=O) groups is 1. The third-order valence-electron chi connectivity index (χ3n) is 5.72. The Balaban J connectivity index is 1.38. The Morgan fingerprint density at radius 2 is 1.87 bits per heavy atom. The summed E-state index contributed by atoms with van der Waals surface area (Å²) in [4.78, 5) is 25.5. The number of aliphatic hydroxyl groups is 1. The van der Waals surface area contributed by atoms with Crippen molar-refractivity contribution in [3.05, 3.63) is 48.3 Å². The molecule has 31 heavy (non-hydrogen) atoms. The van der Waals surface area contributed by atoms with E-state index in [1.54, 1.807) is 0 Å². The third-order valence-corrected chi connectivity index (χ3v) is 5.72. The molecule has 2 aliphatic rings. The van der Waals surface area contributed by atoms with Gasteiger partial charge in [0.2, 0.25) is 0 Å². The lowest BCUT2D eigenvalue weighted by atomic mass is 10.1. The van der Waals surface area contributed by atoms with Gasteiger partial charge in [0.25, 0.3) is 0 Å². The second kappa shape index (κ2) is 8.70. The van der Waals surface area contributed by atoms with Crippen LogP contribution in [0.1, 0.15) is 45.3 Å². The van der Waals surface area contributed by atoms with Crippen LogP contribution in [0.4, 0.5) is 16.4 Å². The molecule has 0 spiro atoms. The number of hydrogen-bond acceptors (Lipinski definition) is 7. The van der Waals surface area contributed by atoms with Gasteiger partial charge in [-0.2, -0.15) is 0 Å². The number of piperazine rings is 1. The van der Waals surface area contributed by atoms with E-state index in [1.165, 1.54) is 6.33 Å². The minimum atomic E-state index is -0.618. The van der Waals surface area contributed by atoms with Crippen molar-refractivity contribution in [2.45, 2.75) is 57.4 Å². The van der Waals surface area contributed by atoms with Gasteiger partial charge in [0.05, 0.1) is 18.2 Å². The SMILES string of the molecule is CC(C)(C)OC(=O)N1C2CCC1CN(c1cc(NCC(O)c3ccccc3)ncn1)C2. The highest BCUT2D eigenvalue weighted by Crippen LogP contribution is 2.33. The Morgan fingerprint density at radius 1 is 1.19 bits per heavy atom. The van der Waals surface area contributed by atoms with Crippen molar-refractivity contribution < 1.29 is 14.6 Å². The average molecular weight is 426 g/mol. The lowest BCUT2D eigenvalue weighted by Crippen LogP contribution is -2.57. The van der Waals surface area contributed by atoms with E-state index < -0.39 is 11.7 Å². The molecule has 2 bridgehead atoms. The number of anilines is 2. The highest BCUT2D eigenvalue weighted by atomic mass is 16.6. The molecule has 1 aromatic heterocycles. The van der Waals surface area contributed by atoms with Crippen LogP contribution in [0.2, 0.25) is 0 Å². The van der Waals surface area contributed by atoms with Crippen molar-refractivity contribution in [1.29, 1.82) is 0 Å². The second-order valence-electron chi connectivity index (χ2n) is 9.25. The maximum atomic E-state index is 12.7. The summed E-state index contributed by atoms with van der Waals surface area (Å²) in [5.74, 6) is 1.49. The number of rotatable bonds is 5. The van der Waals surface area contributed by atoms with Gasteiger partial charge >= 0.3 is 6.09 Å². The molecule has 3 heterocycles. The molecule has 0 saturated carbocycles. The number of fused-ring (bicyclic) bond motifs is 2. The van der Waals surface area contributed by atoms with E-state index in [0.29, 0.717) is 12.4 Å². The summed E-state index contributed by atoms with van der Waals surface area (Å²) in [5.41, 5.74) is 0.365. The van der Waals surface area contributed by atoms with Crippen LogP contribution < -0.4 is 10.2 Å². The van der Waals surface area contributed by atoms with E-state index in [1.807, 2.05) is 62.1 Å². The Hall–Kier alpha value is -2.87. The van der Waals surface area contributed by atoms with Gasteiger partial charge in [-0.05, 0) is 39.2 Å². The van der Waals surface area contributed by atoms with Crippen molar-refractivity contribution in [1.82, 2.24) is 14.9 Å². The molecular formula is C23H31N5O3. The number of aromatic nitrogens is 2. The monoisotopic (exact) mass is 425 g/mol. The number of nitrogens with zero attached hydrogens (tertiary/aromatic N) is 4. The van der Waals surface area contributed by atoms with Crippen LogP contribution in [-0.4, -0.2) is 63.4 Å². The van der Waals surface area contributed by atoms with Crippen LogP contribution in [0.25, 0.3) is 0 Å². The van der Waals surface area contributed by atoms with Crippen molar-refractivity contribution in [3.63, 3.8) is 0 Å². The minimum Gasteiger partial charge on any atom is -0.444 e. The first-order chi connectivity index (χ1) is 14.8. The van der Waals surface area contributed by atoms with E-state index >= 15 is 0 Å². The summed E-state index contributed by atoms with van der Waals surface area (Å²) < 4.78 is 5.62. The maximum Gasteiger partial charge on any atom is 0.410 e. The van der Waals surface area contributed by atoms with Crippen molar-refractivity contribution >= 4 is 17.7 Å². The number of carbonyl (C=O) groups excluding carboxylic acids is 1. The highest BCUT2D eigenvalue weighted by molar-refractivity contribution is 5.70. The van der Waals surface area contributed by atoms with Gasteiger partial charge in [-0.15, -0.1) is 0 Å². The van der Waals surface area contributed by atoms with Crippen LogP contribution in [0.3, 0.4) is 0 Å². The van der Waals surface area contributed by atoms with Gasteiger partial charge < -0.3 is 20.1 Å². The zero-order valence-electron chi connectivity index (χ0n) is 18.4. The predicted octanol–water partition coefficient (Wildman–Crippen LogP) is 3.21. The molecule has 166 valence electrons. The Morgan fingerprint density at radius 3 is 2.52 bits per heavy atom. The molecule has 0 aliphatic carbocycles. The van der Waals surface area contributed by atoms with Gasteiger partial charge in [-0.1, -0.05) is 30.3 Å². The normalized spacial score (nSPS) is 21.7. The number of nitrogens with one attached hydrogen (secondary N) is 1. The van der Waals surface area contributed by atoms with E-state index in [0.717, 1.165) is 37.3 Å². The average Bonchev–Trinajstić information content (AvgIpc) is 3.01. The molecule has 3 atom stereocenters. The molecule has 2 N–H and O–H groups in total. The van der Waals surface area contributed by atoms with Crippen molar-refractivity contribution in [3.8, 4) is 0 Å². The van der Waals surface area contributed by atoms with Crippen LogP contribution >= 0.6 is 0 Å². The first-order valence-electron chi connectivity index (χ1n) is 10.9. The second-order valence-corrected chi connectivity index (χ2v) is 9.25. The number of amides is 1. The topological polar surface area (TPSA) is 90.8 Å². The van der Waals surface area contributed by atoms with Crippen LogP contribution in [0, 0.1) is 0 Å². The fourth-order valence-electron chi connectivity index (χ4n) is 4.31. The number of benzene rings is 1. The van der Waals surface area contributed by atoms with Gasteiger partial charge in [-0.3, -0.25) is 4.90 Å². The van der Waals surface area contributed by atoms with Gasteiger partial charge in [0.15, 0.2) is 0 Å². The summed E-state index contributed by atoms with van der Waals surface area (Å²) in [6.07, 6.45) is 2.64. The molecule has 2 aromatic rings. The Labute approximate surface area is 183 Å². The van der Waals surface area contributed by atoms with E-state index in [-0.39, 0.29) is 18.2 Å². The predicted molar refractivity (Wildman–Crippen MR) is 119 cm³/mol. The summed E-state index contributed by atoms with van der Waals surface area (Å²) in [5, 5.41) is 13.6. The zero-order valence-corrected chi connectivity index (χ0v) is 18.4. The lowest BCUT2D eigenvalue weighted by Gasteiger charge is -2.41. The fourth-order valence-corrected chi connectivity index (χ4v) is 4.31. The van der Waals surface area contributed by atoms with E-state index in [2.05, 4.69) is 20.2 Å². The van der Waals surface area contributed by atoms with Crippen molar-refractivity contribution in [2.75, 3.05) is 29.9 Å². The fraction of sp³-hybridized carbons (Fsp3) is 0.522. The molecule has 8 heteroatoms. The summed E-state index contributed by atoms with van der Waals surface area (Å²) in [6.45, 7) is 7.49. The molecule has 2 fully saturated rings. The first kappa shape index (κ1) is 21.4. The Bertz CT molecular complexity index is 888. The lowest BCUT2D eigenvalue weighted by molar-refractivity contribution is 0.0122. The van der Waals surface area contributed by atoms with Crippen LogP contribution in [0.5, 0.6) is 0 Å². The smallest absolute Gasteiger partial charge is 0.410 e. The van der Waals surface area contributed by atoms with Gasteiger partial charge in [-0.25, -0.2) is 14.8 Å². The Kier molecular flexibility index (Phi) is 6.00. The molecule has 0 radical (unpaired) electrons. The summed E-state index contributed by atoms with van der Waals surface area (Å²) >= 11 is 0. The quantitative estimate of drug-likeness (QED) is 0.760. The van der Waals surface area contributed by atoms with Gasteiger partial charge in [0, 0.05) is 25.7 Å². The van der Waals surface area contributed by atoms with Crippen LogP contribution in [0.15, 0.2) is 42.7 Å². The first-order valence-corrected chi connectivity index (χ1v) is 10.9. The molecular weight excluding hydrogens is 394 g/mol. The van der Waals surface area contributed by atoms with E-state index in [9.17, 15) is 9.90 Å².